The van der Waals surface area contributed by atoms with Crippen LogP contribution in [0.1, 0.15) is 20.8 Å². The molecule has 15 heavy (non-hydrogen) atoms. The first-order chi connectivity index (χ1) is 6.76. The lowest BCUT2D eigenvalue weighted by Crippen LogP contribution is -2.62. The molecule has 0 saturated heterocycles. The van der Waals surface area contributed by atoms with Crippen LogP contribution in [0.5, 0.6) is 0 Å². The number of rotatable bonds is 6. The van der Waals surface area contributed by atoms with Gasteiger partial charge >= 0.3 is 0 Å². The van der Waals surface area contributed by atoms with E-state index in [0.717, 1.165) is 0 Å². The smallest absolute Gasteiger partial charge is 0.122 e. The van der Waals surface area contributed by atoms with Crippen LogP contribution in [0.4, 0.5) is 0 Å². The third-order valence-electron chi connectivity index (χ3n) is 3.25. The van der Waals surface area contributed by atoms with Gasteiger partial charge in [0.15, 0.2) is 0 Å². The Balaban J connectivity index is 5.00. The molecule has 5 nitrogen and oxygen atoms in total. The van der Waals surface area contributed by atoms with Crippen LogP contribution in [0.2, 0.25) is 0 Å². The van der Waals surface area contributed by atoms with Crippen molar-refractivity contribution in [3.63, 3.8) is 0 Å². The van der Waals surface area contributed by atoms with Gasteiger partial charge in [-0.1, -0.05) is 0 Å². The number of aliphatic hydroxyl groups excluding tert-OH is 3. The first-order valence-electron chi connectivity index (χ1n) is 4.84. The van der Waals surface area contributed by atoms with Crippen molar-refractivity contribution in [1.29, 1.82) is 0 Å². The number of hydrogen-bond acceptors (Lipinski definition) is 5. The highest BCUT2D eigenvalue weighted by Gasteiger charge is 2.49. The molecule has 0 aliphatic rings. The zero-order chi connectivity index (χ0) is 12.3. The highest BCUT2D eigenvalue weighted by molar-refractivity contribution is 5.00. The van der Waals surface area contributed by atoms with Gasteiger partial charge in [0.05, 0.1) is 12.2 Å². The Bertz CT molecular complexity index is 194. The molecular weight excluding hydrogens is 200 g/mol. The van der Waals surface area contributed by atoms with Crippen molar-refractivity contribution >= 4 is 0 Å². The minimum absolute atomic E-state index is 0.528. The van der Waals surface area contributed by atoms with Crippen LogP contribution in [0, 0.1) is 0 Å². The average molecular weight is 222 g/mol. The Labute approximate surface area is 90.6 Å². The Morgan fingerprint density at radius 3 is 1.80 bits per heavy atom. The Morgan fingerprint density at radius 2 is 1.53 bits per heavy atom. The lowest BCUT2D eigenvalue weighted by atomic mass is 9.80. The maximum Gasteiger partial charge on any atom is 0.122 e. The van der Waals surface area contributed by atoms with Crippen molar-refractivity contribution in [2.75, 3.05) is 20.8 Å². The third-order valence-corrected chi connectivity index (χ3v) is 3.25. The van der Waals surface area contributed by atoms with Gasteiger partial charge in [0, 0.05) is 14.2 Å². The standard InChI is InChI=1S/C10H22O5/c1-9(2,14-4)10(3,15-5)8(13)7(12)6-11/h7-8,11-13H,6H2,1-5H3/t7-,8+,10-/m1/s1. The summed E-state index contributed by atoms with van der Waals surface area (Å²) in [5, 5.41) is 28.1. The summed E-state index contributed by atoms with van der Waals surface area (Å²) in [6.45, 7) is 4.58. The lowest BCUT2D eigenvalue weighted by Gasteiger charge is -2.46. The maximum atomic E-state index is 9.89. The van der Waals surface area contributed by atoms with Crippen molar-refractivity contribution in [3.05, 3.63) is 0 Å². The molecule has 0 aliphatic carbocycles. The Morgan fingerprint density at radius 1 is 1.07 bits per heavy atom. The van der Waals surface area contributed by atoms with E-state index in [0.29, 0.717) is 0 Å². The zero-order valence-electron chi connectivity index (χ0n) is 10.0. The Hall–Kier alpha value is -0.200. The summed E-state index contributed by atoms with van der Waals surface area (Å²) in [4.78, 5) is 0. The van der Waals surface area contributed by atoms with Crippen LogP contribution >= 0.6 is 0 Å². The molecule has 0 unspecified atom stereocenters. The number of methoxy groups -OCH3 is 2. The zero-order valence-corrected chi connectivity index (χ0v) is 10.0. The first kappa shape index (κ1) is 14.8. The number of ether oxygens (including phenoxy) is 2. The van der Waals surface area contributed by atoms with E-state index in [1.165, 1.54) is 14.2 Å². The van der Waals surface area contributed by atoms with Crippen molar-refractivity contribution in [3.8, 4) is 0 Å². The van der Waals surface area contributed by atoms with Gasteiger partial charge in [-0.15, -0.1) is 0 Å². The van der Waals surface area contributed by atoms with E-state index in [-0.39, 0.29) is 0 Å². The normalized spacial score (nSPS) is 20.8. The molecule has 0 heterocycles. The van der Waals surface area contributed by atoms with E-state index in [1.54, 1.807) is 20.8 Å². The molecule has 0 rings (SSSR count). The van der Waals surface area contributed by atoms with Crippen molar-refractivity contribution in [2.45, 2.75) is 44.2 Å². The molecule has 0 aromatic heterocycles. The minimum Gasteiger partial charge on any atom is -0.394 e. The van der Waals surface area contributed by atoms with Gasteiger partial charge in [0.1, 0.15) is 17.8 Å². The predicted molar refractivity (Wildman–Crippen MR) is 55.6 cm³/mol. The van der Waals surface area contributed by atoms with Gasteiger partial charge < -0.3 is 24.8 Å². The largest absolute Gasteiger partial charge is 0.394 e. The van der Waals surface area contributed by atoms with Crippen molar-refractivity contribution in [1.82, 2.24) is 0 Å². The van der Waals surface area contributed by atoms with Crippen LogP contribution in [0.3, 0.4) is 0 Å². The quantitative estimate of drug-likeness (QED) is 0.566. The van der Waals surface area contributed by atoms with Crippen LogP contribution in [0.25, 0.3) is 0 Å². The molecule has 0 aliphatic heterocycles. The van der Waals surface area contributed by atoms with Gasteiger partial charge in [-0.25, -0.2) is 0 Å². The van der Waals surface area contributed by atoms with Gasteiger partial charge in [0.2, 0.25) is 0 Å². The van der Waals surface area contributed by atoms with Gasteiger partial charge in [0.25, 0.3) is 0 Å². The lowest BCUT2D eigenvalue weighted by molar-refractivity contribution is -0.227. The predicted octanol–water partition coefficient (Wildman–Crippen LogP) is -0.469. The molecular formula is C10H22O5. The van der Waals surface area contributed by atoms with E-state index < -0.39 is 30.0 Å². The van der Waals surface area contributed by atoms with Gasteiger partial charge in [-0.05, 0) is 20.8 Å². The monoisotopic (exact) mass is 222 g/mol. The number of hydrogen-bond donors (Lipinski definition) is 3. The first-order valence-corrected chi connectivity index (χ1v) is 4.84. The molecule has 5 heteroatoms. The molecule has 0 fully saturated rings. The molecule has 0 aromatic carbocycles. The second-order valence-electron chi connectivity index (χ2n) is 4.22. The van der Waals surface area contributed by atoms with Gasteiger partial charge in [-0.3, -0.25) is 0 Å². The summed E-state index contributed by atoms with van der Waals surface area (Å²) >= 11 is 0. The average Bonchev–Trinajstić information content (AvgIpc) is 2.25. The maximum absolute atomic E-state index is 9.89. The Kier molecular flexibility index (Phi) is 5.16. The highest BCUT2D eigenvalue weighted by Crippen LogP contribution is 2.32. The van der Waals surface area contributed by atoms with Crippen LogP contribution in [-0.2, 0) is 9.47 Å². The summed E-state index contributed by atoms with van der Waals surface area (Å²) < 4.78 is 10.5. The van der Waals surface area contributed by atoms with Crippen molar-refractivity contribution in [2.24, 2.45) is 0 Å². The van der Waals surface area contributed by atoms with E-state index in [9.17, 15) is 10.2 Å². The summed E-state index contributed by atoms with van der Waals surface area (Å²) in [5.74, 6) is 0. The van der Waals surface area contributed by atoms with Crippen LogP contribution < -0.4 is 0 Å². The molecule has 0 saturated carbocycles. The molecule has 3 atom stereocenters. The van der Waals surface area contributed by atoms with E-state index >= 15 is 0 Å². The fraction of sp³-hybridized carbons (Fsp3) is 1.00. The molecule has 3 N–H and O–H groups in total. The SMILES string of the molecule is COC(C)(C)[C@](C)(OC)[C@@H](O)[C@H](O)CO. The van der Waals surface area contributed by atoms with Crippen LogP contribution in [0.15, 0.2) is 0 Å². The van der Waals surface area contributed by atoms with E-state index in [4.69, 9.17) is 14.6 Å². The summed E-state index contributed by atoms with van der Waals surface area (Å²) in [6.07, 6.45) is -2.49. The summed E-state index contributed by atoms with van der Waals surface area (Å²) in [7, 11) is 2.92. The number of aliphatic hydroxyl groups is 3. The molecule has 0 radical (unpaired) electrons. The van der Waals surface area contributed by atoms with E-state index in [2.05, 4.69) is 0 Å². The summed E-state index contributed by atoms with van der Waals surface area (Å²) in [5.41, 5.74) is -1.90. The van der Waals surface area contributed by atoms with E-state index in [1.807, 2.05) is 0 Å². The minimum atomic E-state index is -1.26. The van der Waals surface area contributed by atoms with Crippen LogP contribution in [-0.4, -0.2) is 59.6 Å². The fourth-order valence-corrected chi connectivity index (χ4v) is 1.39. The van der Waals surface area contributed by atoms with Gasteiger partial charge in [-0.2, -0.15) is 0 Å². The molecule has 0 aromatic rings. The third kappa shape index (κ3) is 2.68. The van der Waals surface area contributed by atoms with Crippen molar-refractivity contribution < 1.29 is 24.8 Å². The fourth-order valence-electron chi connectivity index (χ4n) is 1.39. The second-order valence-corrected chi connectivity index (χ2v) is 4.22. The highest BCUT2D eigenvalue weighted by atomic mass is 16.6. The summed E-state index contributed by atoms with van der Waals surface area (Å²) in [6, 6.07) is 0. The second kappa shape index (κ2) is 5.23. The molecule has 0 spiro atoms. The topological polar surface area (TPSA) is 79.2 Å². The molecule has 0 amide bonds. The molecule has 0 bridgehead atoms. The molecule has 92 valence electrons.